The molecule has 8 nitrogen and oxygen atoms in total. The Morgan fingerprint density at radius 3 is 2.38 bits per heavy atom. The van der Waals surface area contributed by atoms with Gasteiger partial charge in [-0.25, -0.2) is 9.97 Å². The number of amides is 1. The van der Waals surface area contributed by atoms with Crippen molar-refractivity contribution in [3.63, 3.8) is 0 Å². The Balaban J connectivity index is 1.62. The van der Waals surface area contributed by atoms with Crippen LogP contribution in [0.1, 0.15) is 29.2 Å². The van der Waals surface area contributed by atoms with Gasteiger partial charge < -0.3 is 14.2 Å². The predicted molar refractivity (Wildman–Crippen MR) is 72.8 cm³/mol. The largest absolute Gasteiger partial charge is 0.467 e. The van der Waals surface area contributed by atoms with Crippen molar-refractivity contribution in [2.24, 2.45) is 0 Å². The third-order valence-corrected chi connectivity index (χ3v) is 3.67. The predicted octanol–water partition coefficient (Wildman–Crippen LogP) is 0.554. The number of hydrogen-bond donors (Lipinski definition) is 0. The maximum Gasteiger partial charge on any atom is 0.316 e. The Morgan fingerprint density at radius 2 is 1.81 bits per heavy atom. The summed E-state index contributed by atoms with van der Waals surface area (Å²) in [6.45, 7) is 1.40. The van der Waals surface area contributed by atoms with Gasteiger partial charge in [0.05, 0.1) is 12.7 Å². The number of rotatable bonds is 3. The standard InChI is InChI=1S/C13H16N6O2/c1-21-13-14-6-10(7-15-13)12(20)18-4-2-11(3-5-18)19-8-16-17-9-19/h6-9,11H,2-5H2,1H3. The minimum Gasteiger partial charge on any atom is -0.467 e. The lowest BCUT2D eigenvalue weighted by Crippen LogP contribution is -2.39. The van der Waals surface area contributed by atoms with E-state index in [9.17, 15) is 4.79 Å². The summed E-state index contributed by atoms with van der Waals surface area (Å²) >= 11 is 0. The van der Waals surface area contributed by atoms with E-state index < -0.39 is 0 Å². The summed E-state index contributed by atoms with van der Waals surface area (Å²) in [7, 11) is 1.49. The zero-order chi connectivity index (χ0) is 14.7. The summed E-state index contributed by atoms with van der Waals surface area (Å²) < 4.78 is 6.89. The molecule has 0 aliphatic carbocycles. The number of hydrogen-bond acceptors (Lipinski definition) is 6. The third-order valence-electron chi connectivity index (χ3n) is 3.67. The molecule has 0 atom stereocenters. The lowest BCUT2D eigenvalue weighted by molar-refractivity contribution is 0.0693. The SMILES string of the molecule is COc1ncc(C(=O)N2CCC(n3cnnc3)CC2)cn1. The van der Waals surface area contributed by atoms with Gasteiger partial charge in [0, 0.05) is 31.5 Å². The van der Waals surface area contributed by atoms with Crippen LogP contribution in [-0.4, -0.2) is 55.7 Å². The van der Waals surface area contributed by atoms with Gasteiger partial charge in [-0.1, -0.05) is 0 Å². The molecular weight excluding hydrogens is 272 g/mol. The quantitative estimate of drug-likeness (QED) is 0.820. The summed E-state index contributed by atoms with van der Waals surface area (Å²) in [5, 5.41) is 7.64. The van der Waals surface area contributed by atoms with Gasteiger partial charge in [-0.15, -0.1) is 10.2 Å². The van der Waals surface area contributed by atoms with Gasteiger partial charge >= 0.3 is 6.01 Å². The Labute approximate surface area is 121 Å². The highest BCUT2D eigenvalue weighted by molar-refractivity contribution is 5.93. The molecule has 3 rings (SSSR count). The van der Waals surface area contributed by atoms with Crippen LogP contribution in [0.5, 0.6) is 6.01 Å². The van der Waals surface area contributed by atoms with Crippen molar-refractivity contribution < 1.29 is 9.53 Å². The second kappa shape index (κ2) is 5.86. The molecule has 1 aliphatic rings. The molecule has 0 saturated carbocycles. The van der Waals surface area contributed by atoms with Crippen LogP contribution in [0.15, 0.2) is 25.0 Å². The van der Waals surface area contributed by atoms with E-state index in [0.717, 1.165) is 12.8 Å². The van der Waals surface area contributed by atoms with Crippen LogP contribution >= 0.6 is 0 Å². The summed E-state index contributed by atoms with van der Waals surface area (Å²) in [6.07, 6.45) is 8.22. The highest BCUT2D eigenvalue weighted by Gasteiger charge is 2.24. The van der Waals surface area contributed by atoms with E-state index in [0.29, 0.717) is 24.7 Å². The highest BCUT2D eigenvalue weighted by atomic mass is 16.5. The summed E-state index contributed by atoms with van der Waals surface area (Å²) in [5.41, 5.74) is 0.485. The molecule has 21 heavy (non-hydrogen) atoms. The molecule has 0 aromatic carbocycles. The third kappa shape index (κ3) is 2.83. The first-order valence-electron chi connectivity index (χ1n) is 6.77. The lowest BCUT2D eigenvalue weighted by Gasteiger charge is -2.32. The zero-order valence-electron chi connectivity index (χ0n) is 11.7. The van der Waals surface area contributed by atoms with Crippen LogP contribution < -0.4 is 4.74 Å². The number of methoxy groups -OCH3 is 1. The number of nitrogens with zero attached hydrogens (tertiary/aromatic N) is 6. The maximum atomic E-state index is 12.4. The van der Waals surface area contributed by atoms with Gasteiger partial charge in [-0.05, 0) is 12.8 Å². The number of piperidine rings is 1. The van der Waals surface area contributed by atoms with Gasteiger partial charge in [0.1, 0.15) is 12.7 Å². The molecule has 1 aliphatic heterocycles. The topological polar surface area (TPSA) is 86.0 Å². The average molecular weight is 288 g/mol. The first kappa shape index (κ1) is 13.5. The molecule has 8 heteroatoms. The fourth-order valence-corrected chi connectivity index (χ4v) is 2.48. The molecule has 2 aromatic heterocycles. The Morgan fingerprint density at radius 1 is 1.19 bits per heavy atom. The van der Waals surface area contributed by atoms with E-state index in [1.54, 1.807) is 12.7 Å². The first-order valence-corrected chi connectivity index (χ1v) is 6.77. The average Bonchev–Trinajstić information content (AvgIpc) is 3.09. The van der Waals surface area contributed by atoms with E-state index in [4.69, 9.17) is 4.74 Å². The van der Waals surface area contributed by atoms with Gasteiger partial charge in [0.25, 0.3) is 5.91 Å². The van der Waals surface area contributed by atoms with Crippen molar-refractivity contribution in [3.05, 3.63) is 30.6 Å². The Hall–Kier alpha value is -2.51. The van der Waals surface area contributed by atoms with Gasteiger partial charge in [0.2, 0.25) is 0 Å². The fraction of sp³-hybridized carbons (Fsp3) is 0.462. The number of aromatic nitrogens is 5. The van der Waals surface area contributed by atoms with E-state index in [1.807, 2.05) is 9.47 Å². The van der Waals surface area contributed by atoms with Crippen molar-refractivity contribution in [1.82, 2.24) is 29.6 Å². The van der Waals surface area contributed by atoms with Crippen molar-refractivity contribution >= 4 is 5.91 Å². The van der Waals surface area contributed by atoms with Gasteiger partial charge in [-0.2, -0.15) is 0 Å². The van der Waals surface area contributed by atoms with Crippen molar-refractivity contribution in [2.75, 3.05) is 20.2 Å². The van der Waals surface area contributed by atoms with E-state index in [-0.39, 0.29) is 11.9 Å². The summed E-state index contributed by atoms with van der Waals surface area (Å²) in [5.74, 6) is -0.0418. The fourth-order valence-electron chi connectivity index (χ4n) is 2.48. The maximum absolute atomic E-state index is 12.4. The van der Waals surface area contributed by atoms with Gasteiger partial charge in [-0.3, -0.25) is 4.79 Å². The number of carbonyl (C=O) groups excluding carboxylic acids is 1. The van der Waals surface area contributed by atoms with E-state index >= 15 is 0 Å². The summed E-state index contributed by atoms with van der Waals surface area (Å²) in [6, 6.07) is 0.619. The second-order valence-electron chi connectivity index (χ2n) is 4.89. The molecular formula is C13H16N6O2. The van der Waals surface area contributed by atoms with Crippen LogP contribution in [0, 0.1) is 0 Å². The molecule has 2 aromatic rings. The smallest absolute Gasteiger partial charge is 0.316 e. The van der Waals surface area contributed by atoms with Crippen LogP contribution in [0.3, 0.4) is 0 Å². The monoisotopic (exact) mass is 288 g/mol. The van der Waals surface area contributed by atoms with Crippen molar-refractivity contribution in [2.45, 2.75) is 18.9 Å². The highest BCUT2D eigenvalue weighted by Crippen LogP contribution is 2.22. The van der Waals surface area contributed by atoms with Gasteiger partial charge in [0.15, 0.2) is 0 Å². The molecule has 1 fully saturated rings. The second-order valence-corrected chi connectivity index (χ2v) is 4.89. The molecule has 1 saturated heterocycles. The Kier molecular flexibility index (Phi) is 3.76. The van der Waals surface area contributed by atoms with E-state index in [1.165, 1.54) is 19.5 Å². The van der Waals surface area contributed by atoms with Crippen LogP contribution in [0.25, 0.3) is 0 Å². The molecule has 0 N–H and O–H groups in total. The molecule has 0 unspecified atom stereocenters. The minimum absolute atomic E-state index is 0.0418. The molecule has 0 spiro atoms. The Bertz CT molecular complexity index is 590. The molecule has 1 amide bonds. The number of likely N-dealkylation sites (tertiary alicyclic amines) is 1. The normalized spacial score (nSPS) is 16.0. The number of ether oxygens (including phenoxy) is 1. The molecule has 3 heterocycles. The molecule has 110 valence electrons. The first-order chi connectivity index (χ1) is 10.3. The van der Waals surface area contributed by atoms with Crippen molar-refractivity contribution in [1.29, 1.82) is 0 Å². The van der Waals surface area contributed by atoms with Crippen LogP contribution in [-0.2, 0) is 0 Å². The van der Waals surface area contributed by atoms with Crippen LogP contribution in [0.2, 0.25) is 0 Å². The molecule has 0 bridgehead atoms. The lowest BCUT2D eigenvalue weighted by atomic mass is 10.0. The van der Waals surface area contributed by atoms with E-state index in [2.05, 4.69) is 20.2 Å². The van der Waals surface area contributed by atoms with Crippen LogP contribution in [0.4, 0.5) is 0 Å². The number of carbonyl (C=O) groups is 1. The molecule has 0 radical (unpaired) electrons. The minimum atomic E-state index is -0.0418. The zero-order valence-corrected chi connectivity index (χ0v) is 11.7. The summed E-state index contributed by atoms with van der Waals surface area (Å²) in [4.78, 5) is 22.1. The van der Waals surface area contributed by atoms with Crippen molar-refractivity contribution in [3.8, 4) is 6.01 Å².